The van der Waals surface area contributed by atoms with Crippen molar-refractivity contribution < 1.29 is 78.0 Å². The molecule has 0 aromatic heterocycles. The normalized spacial score (nSPS) is 22.5. The van der Waals surface area contributed by atoms with E-state index in [1.54, 1.807) is 0 Å². The number of nitrogens with one attached hydrogen (secondary N) is 1. The maximum absolute atomic E-state index is 14.2. The van der Waals surface area contributed by atoms with E-state index in [1.807, 2.05) is 48.5 Å². The fourth-order valence-corrected chi connectivity index (χ4v) is 9.93. The van der Waals surface area contributed by atoms with Crippen molar-refractivity contribution in [3.8, 4) is 28.4 Å². The number of rotatable bonds is 17. The van der Waals surface area contributed by atoms with E-state index in [-0.39, 0.29) is 59.8 Å². The monoisotopic (exact) mass is 935 g/mol. The molecule has 4 aromatic rings. The number of phenolic OH excluding ortho intramolecular Hbond substituents is 2. The van der Waals surface area contributed by atoms with Crippen molar-refractivity contribution in [2.75, 3.05) is 20.3 Å². The fraction of sp³-hybridized carbons (Fsp3) is 0.412. The number of carboxylic acids is 1. The molecule has 1 fully saturated rings. The second-order valence-electron chi connectivity index (χ2n) is 17.7. The maximum Gasteiger partial charge on any atom is 0.407 e. The smallest absolute Gasteiger partial charge is 0.407 e. The number of aromatic hydroxyl groups is 2. The Labute approximate surface area is 390 Å². The summed E-state index contributed by atoms with van der Waals surface area (Å²) in [6.45, 7) is 0.647. The van der Waals surface area contributed by atoms with Gasteiger partial charge in [-0.05, 0) is 48.1 Å². The lowest BCUT2D eigenvalue weighted by Crippen LogP contribution is -2.56. The van der Waals surface area contributed by atoms with Gasteiger partial charge in [-0.3, -0.25) is 24.0 Å². The Morgan fingerprint density at radius 2 is 1.43 bits per heavy atom. The summed E-state index contributed by atoms with van der Waals surface area (Å²) in [6, 6.07) is 19.0. The highest BCUT2D eigenvalue weighted by atomic mass is 16.7. The number of hydrogen-bond acceptors (Lipinski definition) is 15. The van der Waals surface area contributed by atoms with Crippen LogP contribution in [0.1, 0.15) is 131 Å². The highest BCUT2D eigenvalue weighted by molar-refractivity contribution is 6.31. The number of methoxy groups -OCH3 is 1. The number of alkyl carbamates (subject to hydrolysis) is 1. The minimum atomic E-state index is -2.44. The predicted molar refractivity (Wildman–Crippen MR) is 240 cm³/mol. The van der Waals surface area contributed by atoms with Crippen LogP contribution in [-0.4, -0.2) is 111 Å². The van der Waals surface area contributed by atoms with E-state index in [1.165, 1.54) is 32.2 Å². The van der Waals surface area contributed by atoms with Crippen LogP contribution < -0.4 is 10.1 Å². The third-order valence-corrected chi connectivity index (χ3v) is 13.4. The molecule has 0 unspecified atom stereocenters. The van der Waals surface area contributed by atoms with E-state index in [0.29, 0.717) is 32.1 Å². The number of aliphatic carboxylic acids is 1. The standard InChI is InChI=1S/C51H53NO16/c1-26-45(57)34(52-50(62)66-24-33-29-15-10-8-13-27(29)28-14-9-11-16-30(28)33)21-40(67-26)68-36-23-51(63,37(53)25-65-39(56)20-7-5-3-4-6-19-38(54)55)22-32-42(36)49(61)44-43(47(32)59)46(58)31-17-12-18-35(64-2)41(31)48(44)60/h8-18,26,33-34,36,40,45,57,59,61,63H,3-7,19-25H2,1-2H3,(H,52,62)(H,54,55)/t26-,34-,36-,40-,45+,51-/m0/s1. The fourth-order valence-electron chi connectivity index (χ4n) is 9.93. The topological polar surface area (TPSA) is 262 Å². The molecule has 3 aliphatic carbocycles. The molecule has 6 atom stereocenters. The number of fused-ring (bicyclic) bond motifs is 6. The third kappa shape index (κ3) is 9.30. The number of esters is 1. The first-order chi connectivity index (χ1) is 32.6. The van der Waals surface area contributed by atoms with Gasteiger partial charge in [-0.1, -0.05) is 79.9 Å². The van der Waals surface area contributed by atoms with Gasteiger partial charge >= 0.3 is 18.0 Å². The first-order valence-electron chi connectivity index (χ1n) is 22.7. The predicted octanol–water partition coefficient (Wildman–Crippen LogP) is 5.95. The Kier molecular flexibility index (Phi) is 14.0. The van der Waals surface area contributed by atoms with E-state index in [0.717, 1.165) is 22.3 Å². The number of aliphatic hydroxyl groups excluding tert-OH is 1. The van der Waals surface area contributed by atoms with Gasteiger partial charge < -0.3 is 54.5 Å². The molecule has 17 nitrogen and oxygen atoms in total. The molecule has 1 aliphatic heterocycles. The van der Waals surface area contributed by atoms with E-state index in [9.17, 15) is 49.2 Å². The summed E-state index contributed by atoms with van der Waals surface area (Å²) in [7, 11) is 1.30. The molecular formula is C51H53NO16. The van der Waals surface area contributed by atoms with Crippen molar-refractivity contribution in [1.82, 2.24) is 5.32 Å². The average molecular weight is 936 g/mol. The Hall–Kier alpha value is -6.66. The Bertz CT molecular complexity index is 2610. The van der Waals surface area contributed by atoms with Crippen LogP contribution in [0.5, 0.6) is 17.2 Å². The van der Waals surface area contributed by atoms with E-state index in [2.05, 4.69) is 5.32 Å². The molecule has 4 aliphatic rings. The van der Waals surface area contributed by atoms with Crippen LogP contribution in [0, 0.1) is 0 Å². The second-order valence-corrected chi connectivity index (χ2v) is 17.7. The highest BCUT2D eigenvalue weighted by Gasteiger charge is 2.51. The molecule has 0 bridgehead atoms. The van der Waals surface area contributed by atoms with Crippen LogP contribution in [0.3, 0.4) is 0 Å². The van der Waals surface area contributed by atoms with E-state index < -0.39 is 114 Å². The largest absolute Gasteiger partial charge is 0.507 e. The lowest BCUT2D eigenvalue weighted by atomic mass is 9.72. The number of Topliss-reactive ketones (excluding diaryl/α,β-unsaturated/α-hetero) is 1. The molecule has 8 rings (SSSR count). The maximum atomic E-state index is 14.2. The Morgan fingerprint density at radius 1 is 0.794 bits per heavy atom. The van der Waals surface area contributed by atoms with Crippen molar-refractivity contribution in [3.63, 3.8) is 0 Å². The third-order valence-electron chi connectivity index (χ3n) is 13.4. The molecule has 358 valence electrons. The SMILES string of the molecule is COc1cccc2c1C(=O)c1c(O)c3c(c(O)c1C2=O)C[C@@](O)(C(=O)COC(=O)CCCCCCCC(=O)O)C[C@@H]3O[C@H]1C[C@H](NC(=O)OCC2c3ccccc3-c3ccccc32)[C@H](O)[C@H](C)O1. The molecule has 0 saturated carbocycles. The molecule has 68 heavy (non-hydrogen) atoms. The van der Waals surface area contributed by atoms with Gasteiger partial charge in [0.05, 0.1) is 42.0 Å². The lowest BCUT2D eigenvalue weighted by Gasteiger charge is -2.42. The number of unbranched alkanes of at least 4 members (excludes halogenated alkanes) is 4. The molecule has 1 saturated heterocycles. The van der Waals surface area contributed by atoms with Gasteiger partial charge in [0.15, 0.2) is 18.7 Å². The molecule has 0 spiro atoms. The van der Waals surface area contributed by atoms with Crippen LogP contribution >= 0.6 is 0 Å². The number of carbonyl (C=O) groups is 6. The number of carbonyl (C=O) groups excluding carboxylic acids is 5. The van der Waals surface area contributed by atoms with E-state index >= 15 is 0 Å². The van der Waals surface area contributed by atoms with Gasteiger partial charge in [0.25, 0.3) is 0 Å². The van der Waals surface area contributed by atoms with Crippen LogP contribution in [0.2, 0.25) is 0 Å². The molecule has 4 aromatic carbocycles. The Balaban J connectivity index is 1.02. The van der Waals surface area contributed by atoms with Gasteiger partial charge in [0.2, 0.25) is 11.6 Å². The van der Waals surface area contributed by atoms with Gasteiger partial charge in [0, 0.05) is 54.7 Å². The summed E-state index contributed by atoms with van der Waals surface area (Å²) >= 11 is 0. The summed E-state index contributed by atoms with van der Waals surface area (Å²) in [5.41, 5.74) is -0.234. The van der Waals surface area contributed by atoms with Crippen LogP contribution in [0.4, 0.5) is 4.79 Å². The summed E-state index contributed by atoms with van der Waals surface area (Å²) in [5, 5.41) is 58.9. The average Bonchev–Trinajstić information content (AvgIpc) is 3.64. The second kappa shape index (κ2) is 19.9. The molecule has 17 heteroatoms. The summed E-state index contributed by atoms with van der Waals surface area (Å²) in [6.07, 6.45) is -4.55. The minimum Gasteiger partial charge on any atom is -0.507 e. The van der Waals surface area contributed by atoms with Gasteiger partial charge in [-0.25, -0.2) is 4.79 Å². The Morgan fingerprint density at radius 3 is 2.10 bits per heavy atom. The van der Waals surface area contributed by atoms with Crippen LogP contribution in [-0.2, 0) is 39.8 Å². The quantitative estimate of drug-likeness (QED) is 0.0358. The number of amides is 1. The number of ketones is 3. The zero-order chi connectivity index (χ0) is 48.4. The zero-order valence-corrected chi connectivity index (χ0v) is 37.5. The lowest BCUT2D eigenvalue weighted by molar-refractivity contribution is -0.249. The molecule has 1 amide bonds. The number of phenols is 2. The van der Waals surface area contributed by atoms with Crippen molar-refractivity contribution in [2.45, 2.75) is 113 Å². The number of hydrogen-bond donors (Lipinski definition) is 6. The van der Waals surface area contributed by atoms with Crippen molar-refractivity contribution >= 4 is 35.4 Å². The number of carboxylic acid groups (broad SMARTS) is 1. The molecule has 6 N–H and O–H groups in total. The van der Waals surface area contributed by atoms with Gasteiger partial charge in [-0.2, -0.15) is 0 Å². The molecule has 0 radical (unpaired) electrons. The minimum absolute atomic E-state index is 0.00369. The molecule has 1 heterocycles. The van der Waals surface area contributed by atoms with Crippen LogP contribution in [0.25, 0.3) is 11.1 Å². The van der Waals surface area contributed by atoms with Gasteiger partial charge in [-0.15, -0.1) is 0 Å². The van der Waals surface area contributed by atoms with Crippen molar-refractivity contribution in [1.29, 1.82) is 0 Å². The number of aliphatic hydroxyl groups is 2. The molecular weight excluding hydrogens is 883 g/mol. The van der Waals surface area contributed by atoms with Crippen molar-refractivity contribution in [2.24, 2.45) is 0 Å². The summed E-state index contributed by atoms with van der Waals surface area (Å²) in [4.78, 5) is 79.1. The van der Waals surface area contributed by atoms with E-state index in [4.69, 9.17) is 28.8 Å². The first-order valence-corrected chi connectivity index (χ1v) is 22.7. The summed E-state index contributed by atoms with van der Waals surface area (Å²) < 4.78 is 28.8. The zero-order valence-electron chi connectivity index (χ0n) is 37.5. The van der Waals surface area contributed by atoms with Crippen molar-refractivity contribution in [3.05, 3.63) is 111 Å². The van der Waals surface area contributed by atoms with Gasteiger partial charge in [0.1, 0.15) is 35.6 Å². The number of ether oxygens (including phenoxy) is 5. The first kappa shape index (κ1) is 47.8. The van der Waals surface area contributed by atoms with Crippen LogP contribution in [0.15, 0.2) is 66.7 Å². The summed E-state index contributed by atoms with van der Waals surface area (Å²) in [5.74, 6) is -6.01. The highest BCUT2D eigenvalue weighted by Crippen LogP contribution is 2.53. The number of benzene rings is 4.